The Morgan fingerprint density at radius 3 is 2.06 bits per heavy atom. The summed E-state index contributed by atoms with van der Waals surface area (Å²) in [4.78, 5) is 25.1. The molecule has 0 spiro atoms. The zero-order valence-electron chi connectivity index (χ0n) is 17.3. The number of carbonyl (C=O) groups excluding carboxylic acids is 2. The van der Waals surface area contributed by atoms with Crippen molar-refractivity contribution in [3.8, 4) is 11.1 Å². The lowest BCUT2D eigenvalue weighted by atomic mass is 9.93. The number of ether oxygens (including phenoxy) is 2. The Labute approximate surface area is 185 Å². The summed E-state index contributed by atoms with van der Waals surface area (Å²) >= 11 is 6.33. The smallest absolute Gasteiger partial charge is 0.339 e. The van der Waals surface area contributed by atoms with E-state index in [0.717, 1.165) is 27.1 Å². The van der Waals surface area contributed by atoms with Crippen LogP contribution in [0.25, 0.3) is 32.7 Å². The van der Waals surface area contributed by atoms with Gasteiger partial charge in [0.1, 0.15) is 0 Å². The average Bonchev–Trinajstić information content (AvgIpc) is 2.78. The summed E-state index contributed by atoms with van der Waals surface area (Å²) in [5, 5.41) is 4.52. The first-order chi connectivity index (χ1) is 15.0. The molecule has 4 nitrogen and oxygen atoms in total. The molecular weight excluding hydrogens is 412 g/mol. The highest BCUT2D eigenvalue weighted by molar-refractivity contribution is 6.34. The van der Waals surface area contributed by atoms with Gasteiger partial charge in [0.05, 0.1) is 29.4 Å². The van der Waals surface area contributed by atoms with Gasteiger partial charge in [-0.05, 0) is 64.7 Å². The van der Waals surface area contributed by atoms with Crippen molar-refractivity contribution in [3.05, 3.63) is 82.9 Å². The molecule has 0 amide bonds. The maximum Gasteiger partial charge on any atom is 0.339 e. The topological polar surface area (TPSA) is 52.6 Å². The van der Waals surface area contributed by atoms with Crippen LogP contribution in [-0.4, -0.2) is 25.2 Å². The molecule has 0 saturated heterocycles. The van der Waals surface area contributed by atoms with Gasteiger partial charge in [0.15, 0.2) is 0 Å². The number of hydrogen-bond donors (Lipinski definition) is 0. The monoisotopic (exact) mass is 432 g/mol. The maximum atomic E-state index is 12.7. The second-order valence-electron chi connectivity index (χ2n) is 7.04. The van der Waals surface area contributed by atoms with Gasteiger partial charge in [-0.3, -0.25) is 0 Å². The molecule has 4 rings (SSSR count). The zero-order chi connectivity index (χ0) is 22.0. The molecule has 0 N–H and O–H groups in total. The molecule has 0 saturated carbocycles. The van der Waals surface area contributed by atoms with Crippen molar-refractivity contribution in [2.24, 2.45) is 0 Å². The van der Waals surface area contributed by atoms with Crippen LogP contribution >= 0.6 is 11.6 Å². The molecule has 156 valence electrons. The lowest BCUT2D eigenvalue weighted by Crippen LogP contribution is -2.10. The standard InChI is InChI=1S/C26H21ClO4/c1-3-30-25(28)22-15-24(27)23(26(29)31-4-2)14-21(22)18-12-11-17-10-9-16-7-5-6-8-19(16)20(17)13-18/h5-15H,3-4H2,1-2H3. The number of benzene rings is 4. The Kier molecular flexibility index (Phi) is 5.92. The van der Waals surface area contributed by atoms with Crippen LogP contribution in [0.15, 0.2) is 66.7 Å². The van der Waals surface area contributed by atoms with Gasteiger partial charge in [0.2, 0.25) is 0 Å². The lowest BCUT2D eigenvalue weighted by molar-refractivity contribution is 0.0512. The van der Waals surface area contributed by atoms with E-state index in [2.05, 4.69) is 24.3 Å². The Morgan fingerprint density at radius 1 is 0.742 bits per heavy atom. The molecule has 4 aromatic rings. The van der Waals surface area contributed by atoms with Gasteiger partial charge in [-0.1, -0.05) is 60.1 Å². The van der Waals surface area contributed by atoms with E-state index >= 15 is 0 Å². The minimum atomic E-state index is -0.532. The summed E-state index contributed by atoms with van der Waals surface area (Å²) in [7, 11) is 0. The molecule has 31 heavy (non-hydrogen) atoms. The van der Waals surface area contributed by atoms with Gasteiger partial charge in [-0.2, -0.15) is 0 Å². The van der Waals surface area contributed by atoms with Crippen LogP contribution in [0, 0.1) is 0 Å². The Morgan fingerprint density at radius 2 is 1.35 bits per heavy atom. The summed E-state index contributed by atoms with van der Waals surface area (Å²) in [5.41, 5.74) is 1.87. The molecule has 0 aliphatic rings. The highest BCUT2D eigenvalue weighted by atomic mass is 35.5. The number of rotatable bonds is 5. The average molecular weight is 433 g/mol. The third-order valence-electron chi connectivity index (χ3n) is 5.16. The summed E-state index contributed by atoms with van der Waals surface area (Å²) < 4.78 is 10.4. The van der Waals surface area contributed by atoms with E-state index in [-0.39, 0.29) is 23.8 Å². The van der Waals surface area contributed by atoms with Crippen LogP contribution in [0.3, 0.4) is 0 Å². The molecule has 0 fully saturated rings. The fourth-order valence-electron chi connectivity index (χ4n) is 3.72. The van der Waals surface area contributed by atoms with Crippen molar-refractivity contribution in [3.63, 3.8) is 0 Å². The van der Waals surface area contributed by atoms with Crippen molar-refractivity contribution >= 4 is 45.1 Å². The van der Waals surface area contributed by atoms with E-state index in [1.807, 2.05) is 30.3 Å². The molecule has 0 bridgehead atoms. The first-order valence-electron chi connectivity index (χ1n) is 10.1. The number of hydrogen-bond acceptors (Lipinski definition) is 4. The first-order valence-corrected chi connectivity index (χ1v) is 10.5. The van der Waals surface area contributed by atoms with Crippen LogP contribution in [0.4, 0.5) is 0 Å². The number of halogens is 1. The molecule has 0 aliphatic heterocycles. The van der Waals surface area contributed by atoms with Crippen molar-refractivity contribution in [1.82, 2.24) is 0 Å². The number of esters is 2. The lowest BCUT2D eigenvalue weighted by Gasteiger charge is -2.14. The molecule has 0 heterocycles. The number of carbonyl (C=O) groups is 2. The molecule has 4 aromatic carbocycles. The van der Waals surface area contributed by atoms with Crippen molar-refractivity contribution in [2.45, 2.75) is 13.8 Å². The molecule has 0 atom stereocenters. The van der Waals surface area contributed by atoms with E-state index in [1.54, 1.807) is 19.9 Å². The largest absolute Gasteiger partial charge is 0.462 e. The molecule has 0 aromatic heterocycles. The fraction of sp³-hybridized carbons (Fsp3) is 0.154. The fourth-order valence-corrected chi connectivity index (χ4v) is 3.97. The minimum absolute atomic E-state index is 0.150. The van der Waals surface area contributed by atoms with Crippen LogP contribution in [0.2, 0.25) is 5.02 Å². The molecular formula is C26H21ClO4. The van der Waals surface area contributed by atoms with Crippen molar-refractivity contribution in [2.75, 3.05) is 13.2 Å². The second kappa shape index (κ2) is 8.78. The highest BCUT2D eigenvalue weighted by Crippen LogP contribution is 2.34. The third-order valence-corrected chi connectivity index (χ3v) is 5.47. The van der Waals surface area contributed by atoms with E-state index in [0.29, 0.717) is 11.1 Å². The summed E-state index contributed by atoms with van der Waals surface area (Å²) in [6, 6.07) is 21.3. The predicted octanol–water partition coefficient (Wildman–Crippen LogP) is 6.67. The van der Waals surface area contributed by atoms with Crippen LogP contribution < -0.4 is 0 Å². The summed E-state index contributed by atoms with van der Waals surface area (Å²) in [5.74, 6) is -1.02. The van der Waals surface area contributed by atoms with Crippen LogP contribution in [0.1, 0.15) is 34.6 Å². The van der Waals surface area contributed by atoms with Gasteiger partial charge >= 0.3 is 11.9 Å². The maximum absolute atomic E-state index is 12.7. The molecule has 0 radical (unpaired) electrons. The zero-order valence-corrected chi connectivity index (χ0v) is 18.0. The van der Waals surface area contributed by atoms with Crippen LogP contribution in [-0.2, 0) is 9.47 Å². The van der Waals surface area contributed by atoms with Gasteiger partial charge < -0.3 is 9.47 Å². The predicted molar refractivity (Wildman–Crippen MR) is 124 cm³/mol. The van der Waals surface area contributed by atoms with E-state index in [9.17, 15) is 9.59 Å². The molecule has 0 unspecified atom stereocenters. The second-order valence-corrected chi connectivity index (χ2v) is 7.45. The van der Waals surface area contributed by atoms with Gasteiger partial charge in [-0.15, -0.1) is 0 Å². The Hall–Kier alpha value is -3.37. The third kappa shape index (κ3) is 3.99. The molecule has 0 aliphatic carbocycles. The highest BCUT2D eigenvalue weighted by Gasteiger charge is 2.21. The quantitative estimate of drug-likeness (QED) is 0.261. The van der Waals surface area contributed by atoms with Crippen molar-refractivity contribution < 1.29 is 19.1 Å². The SMILES string of the molecule is CCOC(=O)c1cc(-c2ccc3ccc4ccccc4c3c2)c(C(=O)OCC)cc1Cl. The van der Waals surface area contributed by atoms with E-state index < -0.39 is 11.9 Å². The van der Waals surface area contributed by atoms with Gasteiger partial charge in [0.25, 0.3) is 0 Å². The summed E-state index contributed by atoms with van der Waals surface area (Å²) in [6.45, 7) is 3.94. The summed E-state index contributed by atoms with van der Waals surface area (Å²) in [6.07, 6.45) is 0. The van der Waals surface area contributed by atoms with Gasteiger partial charge in [-0.25, -0.2) is 9.59 Å². The Bertz CT molecular complexity index is 1310. The van der Waals surface area contributed by atoms with E-state index in [1.165, 1.54) is 6.07 Å². The van der Waals surface area contributed by atoms with Gasteiger partial charge in [0, 0.05) is 0 Å². The molecule has 5 heteroatoms. The van der Waals surface area contributed by atoms with Crippen molar-refractivity contribution in [1.29, 1.82) is 0 Å². The minimum Gasteiger partial charge on any atom is -0.462 e. The van der Waals surface area contributed by atoms with Crippen LogP contribution in [0.5, 0.6) is 0 Å². The normalized spacial score (nSPS) is 10.9. The first kappa shape index (κ1) is 20.9. The number of fused-ring (bicyclic) bond motifs is 3. The Balaban J connectivity index is 1.97. The van der Waals surface area contributed by atoms with E-state index in [4.69, 9.17) is 21.1 Å².